The molecule has 2 nitrogen and oxygen atoms in total. The Bertz CT molecular complexity index is 102. The van der Waals surface area contributed by atoms with Crippen molar-refractivity contribution in [3.63, 3.8) is 0 Å². The van der Waals surface area contributed by atoms with Gasteiger partial charge in [-0.05, 0) is 25.8 Å². The molecule has 0 radical (unpaired) electrons. The molecule has 2 rings (SSSR count). The Balaban J connectivity index is 1.96. The number of piperidine rings is 1. The van der Waals surface area contributed by atoms with E-state index in [2.05, 4.69) is 10.6 Å². The van der Waals surface area contributed by atoms with Gasteiger partial charge in [-0.2, -0.15) is 0 Å². The Morgan fingerprint density at radius 1 is 1.00 bits per heavy atom. The molecular weight excluding hydrogens is 124 g/mol. The monoisotopic (exact) mass is 140 g/mol. The predicted octanol–water partition coefficient (Wildman–Crippen LogP) is 0.490. The van der Waals surface area contributed by atoms with Crippen LogP contribution in [0.5, 0.6) is 0 Å². The lowest BCUT2D eigenvalue weighted by atomic mass is 9.98. The first-order valence-electron chi connectivity index (χ1n) is 4.42. The van der Waals surface area contributed by atoms with Crippen LogP contribution >= 0.6 is 0 Å². The standard InChI is InChI=1S/C8H16N2/c1-2-7-4-5-9-6-8(3-1)10-7/h7-10H,1-6H2/t7-,8+/m0/s1. The van der Waals surface area contributed by atoms with E-state index in [-0.39, 0.29) is 0 Å². The van der Waals surface area contributed by atoms with Crippen LogP contribution in [0.3, 0.4) is 0 Å². The predicted molar refractivity (Wildman–Crippen MR) is 42.0 cm³/mol. The second kappa shape index (κ2) is 2.89. The Morgan fingerprint density at radius 2 is 1.90 bits per heavy atom. The number of fused-ring (bicyclic) bond motifs is 2. The van der Waals surface area contributed by atoms with Crippen LogP contribution in [0, 0.1) is 0 Å². The summed E-state index contributed by atoms with van der Waals surface area (Å²) < 4.78 is 0. The normalized spacial score (nSPS) is 40.8. The SMILES string of the molecule is C1C[C@H]2CCNC[C@@H](C1)N2. The van der Waals surface area contributed by atoms with Gasteiger partial charge in [-0.15, -0.1) is 0 Å². The van der Waals surface area contributed by atoms with Gasteiger partial charge < -0.3 is 10.6 Å². The molecule has 0 saturated carbocycles. The highest BCUT2D eigenvalue weighted by Gasteiger charge is 2.22. The van der Waals surface area contributed by atoms with Gasteiger partial charge in [0, 0.05) is 18.6 Å². The highest BCUT2D eigenvalue weighted by molar-refractivity contribution is 4.84. The third-order valence-electron chi connectivity index (χ3n) is 2.64. The van der Waals surface area contributed by atoms with Crippen LogP contribution in [0.25, 0.3) is 0 Å². The van der Waals surface area contributed by atoms with E-state index in [0.717, 1.165) is 12.1 Å². The molecule has 2 fully saturated rings. The quantitative estimate of drug-likeness (QED) is 0.511. The van der Waals surface area contributed by atoms with Gasteiger partial charge in [-0.3, -0.25) is 0 Å². The molecule has 2 aliphatic rings. The van der Waals surface area contributed by atoms with E-state index in [9.17, 15) is 0 Å². The molecule has 2 heterocycles. The van der Waals surface area contributed by atoms with Crippen molar-refractivity contribution in [3.05, 3.63) is 0 Å². The highest BCUT2D eigenvalue weighted by atomic mass is 15.0. The molecule has 10 heavy (non-hydrogen) atoms. The topological polar surface area (TPSA) is 24.1 Å². The summed E-state index contributed by atoms with van der Waals surface area (Å²) in [7, 11) is 0. The molecule has 0 spiro atoms. The summed E-state index contributed by atoms with van der Waals surface area (Å²) in [5.41, 5.74) is 0. The average Bonchev–Trinajstić information content (AvgIpc) is 2.12. The lowest BCUT2D eigenvalue weighted by molar-refractivity contribution is 0.335. The molecule has 2 aliphatic heterocycles. The van der Waals surface area contributed by atoms with Gasteiger partial charge in [-0.1, -0.05) is 6.42 Å². The Labute approximate surface area is 62.4 Å². The zero-order valence-corrected chi connectivity index (χ0v) is 6.40. The van der Waals surface area contributed by atoms with Gasteiger partial charge in [0.1, 0.15) is 0 Å². The zero-order chi connectivity index (χ0) is 6.81. The molecule has 58 valence electrons. The molecule has 2 saturated heterocycles. The minimum atomic E-state index is 0.779. The maximum Gasteiger partial charge on any atom is 0.0195 e. The maximum atomic E-state index is 3.65. The molecule has 0 aliphatic carbocycles. The summed E-state index contributed by atoms with van der Waals surface area (Å²) >= 11 is 0. The van der Waals surface area contributed by atoms with Gasteiger partial charge in [0.2, 0.25) is 0 Å². The van der Waals surface area contributed by atoms with Gasteiger partial charge >= 0.3 is 0 Å². The van der Waals surface area contributed by atoms with E-state index in [1.165, 1.54) is 38.8 Å². The van der Waals surface area contributed by atoms with Crippen molar-refractivity contribution < 1.29 is 0 Å². The fraction of sp³-hybridized carbons (Fsp3) is 1.00. The Hall–Kier alpha value is -0.0800. The smallest absolute Gasteiger partial charge is 0.0195 e. The number of nitrogens with one attached hydrogen (secondary N) is 2. The van der Waals surface area contributed by atoms with Crippen molar-refractivity contribution >= 4 is 0 Å². The third kappa shape index (κ3) is 1.32. The second-order valence-electron chi connectivity index (χ2n) is 3.48. The van der Waals surface area contributed by atoms with Gasteiger partial charge in [0.25, 0.3) is 0 Å². The largest absolute Gasteiger partial charge is 0.315 e. The molecule has 2 bridgehead atoms. The highest BCUT2D eigenvalue weighted by Crippen LogP contribution is 2.15. The molecular formula is C8H16N2. The van der Waals surface area contributed by atoms with E-state index in [0.29, 0.717) is 0 Å². The summed E-state index contributed by atoms with van der Waals surface area (Å²) in [5, 5.41) is 7.11. The molecule has 2 atom stereocenters. The zero-order valence-electron chi connectivity index (χ0n) is 6.40. The minimum Gasteiger partial charge on any atom is -0.315 e. The minimum absolute atomic E-state index is 0.779. The molecule has 0 amide bonds. The lowest BCUT2D eigenvalue weighted by Crippen LogP contribution is -2.43. The summed E-state index contributed by atoms with van der Waals surface area (Å²) in [4.78, 5) is 0. The summed E-state index contributed by atoms with van der Waals surface area (Å²) in [6.07, 6.45) is 5.54. The molecule has 2 N–H and O–H groups in total. The van der Waals surface area contributed by atoms with Gasteiger partial charge in [0.05, 0.1) is 0 Å². The first-order valence-corrected chi connectivity index (χ1v) is 4.42. The molecule has 0 unspecified atom stereocenters. The van der Waals surface area contributed by atoms with Crippen molar-refractivity contribution in [2.24, 2.45) is 0 Å². The van der Waals surface area contributed by atoms with Gasteiger partial charge in [-0.25, -0.2) is 0 Å². The van der Waals surface area contributed by atoms with Crippen LogP contribution in [0.4, 0.5) is 0 Å². The van der Waals surface area contributed by atoms with Crippen molar-refractivity contribution in [2.75, 3.05) is 13.1 Å². The Kier molecular flexibility index (Phi) is 1.91. The first kappa shape index (κ1) is 6.62. The van der Waals surface area contributed by atoms with Crippen LogP contribution in [-0.4, -0.2) is 25.2 Å². The average molecular weight is 140 g/mol. The van der Waals surface area contributed by atoms with Crippen molar-refractivity contribution in [3.8, 4) is 0 Å². The molecule has 0 aromatic rings. The molecule has 0 aromatic heterocycles. The van der Waals surface area contributed by atoms with Crippen LogP contribution in [0.2, 0.25) is 0 Å². The van der Waals surface area contributed by atoms with Crippen molar-refractivity contribution in [1.29, 1.82) is 0 Å². The second-order valence-corrected chi connectivity index (χ2v) is 3.48. The Morgan fingerprint density at radius 3 is 2.90 bits per heavy atom. The lowest BCUT2D eigenvalue weighted by Gasteiger charge is -2.27. The first-order chi connectivity index (χ1) is 4.95. The van der Waals surface area contributed by atoms with E-state index in [1.807, 2.05) is 0 Å². The van der Waals surface area contributed by atoms with E-state index < -0.39 is 0 Å². The van der Waals surface area contributed by atoms with Crippen LogP contribution in [-0.2, 0) is 0 Å². The summed E-state index contributed by atoms with van der Waals surface area (Å²) in [5.74, 6) is 0. The van der Waals surface area contributed by atoms with Crippen molar-refractivity contribution in [1.82, 2.24) is 10.6 Å². The van der Waals surface area contributed by atoms with Gasteiger partial charge in [0.15, 0.2) is 0 Å². The maximum absolute atomic E-state index is 3.65. The molecule has 2 heteroatoms. The molecule has 0 aromatic carbocycles. The summed E-state index contributed by atoms with van der Waals surface area (Å²) in [6, 6.07) is 1.61. The number of hydrogen-bond donors (Lipinski definition) is 2. The van der Waals surface area contributed by atoms with E-state index in [4.69, 9.17) is 0 Å². The van der Waals surface area contributed by atoms with Crippen LogP contribution in [0.15, 0.2) is 0 Å². The van der Waals surface area contributed by atoms with Crippen molar-refractivity contribution in [2.45, 2.75) is 37.8 Å². The van der Waals surface area contributed by atoms with Crippen LogP contribution < -0.4 is 10.6 Å². The fourth-order valence-corrected chi connectivity index (χ4v) is 2.05. The fourth-order valence-electron chi connectivity index (χ4n) is 2.05. The number of rotatable bonds is 0. The number of hydrogen-bond acceptors (Lipinski definition) is 2. The van der Waals surface area contributed by atoms with E-state index >= 15 is 0 Å². The van der Waals surface area contributed by atoms with Crippen LogP contribution in [0.1, 0.15) is 25.7 Å². The summed E-state index contributed by atoms with van der Waals surface area (Å²) in [6.45, 7) is 2.41. The third-order valence-corrected chi connectivity index (χ3v) is 2.64. The van der Waals surface area contributed by atoms with E-state index in [1.54, 1.807) is 0 Å².